The number of nitriles is 1. The second-order valence-corrected chi connectivity index (χ2v) is 7.30. The Morgan fingerprint density at radius 3 is 2.55 bits per heavy atom. The van der Waals surface area contributed by atoms with Gasteiger partial charge in [0.25, 0.3) is 5.91 Å². The number of hydrogen-bond donors (Lipinski definition) is 2. The summed E-state index contributed by atoms with van der Waals surface area (Å²) in [4.78, 5) is 23.2. The number of hydrogen-bond acceptors (Lipinski definition) is 5. The van der Waals surface area contributed by atoms with E-state index in [9.17, 15) is 14.9 Å². The average Bonchev–Trinajstić information content (AvgIpc) is 2.67. The summed E-state index contributed by atoms with van der Waals surface area (Å²) in [5.41, 5.74) is 3.19. The molecule has 0 atom stereocenters. The highest BCUT2D eigenvalue weighted by Crippen LogP contribution is 2.34. The molecule has 0 aromatic heterocycles. The van der Waals surface area contributed by atoms with Crippen LogP contribution in [0, 0.1) is 28.7 Å². The molecule has 0 aliphatic heterocycles. The first kappa shape index (κ1) is 22.2. The molecule has 0 spiro atoms. The molecule has 0 heterocycles. The number of carbonyl (C=O) groups is 2. The first-order valence-electron chi connectivity index (χ1n) is 8.47. The zero-order valence-electron chi connectivity index (χ0n) is 16.1. The fourth-order valence-corrected chi connectivity index (χ4v) is 3.21. The summed E-state index contributed by atoms with van der Waals surface area (Å²) in [6.45, 7) is 3.40. The molecule has 8 heteroatoms. The number of benzene rings is 2. The second-order valence-electron chi connectivity index (χ2n) is 6.14. The van der Waals surface area contributed by atoms with Crippen LogP contribution in [0.5, 0.6) is 11.5 Å². The Kier molecular flexibility index (Phi) is 7.61. The molecule has 2 aromatic rings. The molecule has 0 unspecified atom stereocenters. The number of nitrogens with zero attached hydrogens (tertiary/aromatic N) is 1. The topological polar surface area (TPSA) is 109 Å². The number of ether oxygens (including phenoxy) is 2. The summed E-state index contributed by atoms with van der Waals surface area (Å²) < 4.78 is 11.1. The number of amides is 1. The third kappa shape index (κ3) is 5.96. The third-order valence-corrected chi connectivity index (χ3v) is 4.83. The molecule has 0 aliphatic rings. The van der Waals surface area contributed by atoms with Crippen LogP contribution in [0.4, 0.5) is 5.69 Å². The van der Waals surface area contributed by atoms with Crippen LogP contribution in [-0.2, 0) is 9.59 Å². The molecule has 29 heavy (non-hydrogen) atoms. The first-order chi connectivity index (χ1) is 13.7. The molecule has 0 saturated heterocycles. The minimum atomic E-state index is -1.11. The van der Waals surface area contributed by atoms with Crippen molar-refractivity contribution in [1.82, 2.24) is 0 Å². The normalized spacial score (nSPS) is 10.8. The zero-order chi connectivity index (χ0) is 21.6. The van der Waals surface area contributed by atoms with Gasteiger partial charge in [0.2, 0.25) is 0 Å². The van der Waals surface area contributed by atoms with E-state index in [2.05, 4.69) is 5.32 Å². The van der Waals surface area contributed by atoms with E-state index in [1.807, 2.05) is 54.6 Å². The molecule has 0 radical (unpaired) electrons. The molecule has 1 amide bonds. The van der Waals surface area contributed by atoms with E-state index in [0.29, 0.717) is 20.6 Å². The average molecular weight is 506 g/mol. The highest BCUT2D eigenvalue weighted by Gasteiger charge is 2.15. The maximum absolute atomic E-state index is 12.5. The standard InChI is InChI=1S/C21H19IN2O5/c1-12-4-5-16(6-13(12)2)24-21(27)15(10-23)7-14-8-17(22)20(18(9-14)28-3)29-11-19(25)26/h4-9H,11H2,1-3H3,(H,24,27)(H,25,26)/b15-7+. The number of aryl methyl sites for hydroxylation is 2. The van der Waals surface area contributed by atoms with Crippen LogP contribution in [0.3, 0.4) is 0 Å². The maximum atomic E-state index is 12.5. The van der Waals surface area contributed by atoms with Gasteiger partial charge in [-0.05, 0) is 83.5 Å². The number of nitrogens with one attached hydrogen (secondary N) is 1. The van der Waals surface area contributed by atoms with Gasteiger partial charge in [0.15, 0.2) is 18.1 Å². The maximum Gasteiger partial charge on any atom is 0.341 e. The van der Waals surface area contributed by atoms with E-state index >= 15 is 0 Å². The van der Waals surface area contributed by atoms with Crippen LogP contribution in [0.2, 0.25) is 0 Å². The fraction of sp³-hybridized carbons (Fsp3) is 0.190. The number of aliphatic carboxylic acids is 1. The minimum Gasteiger partial charge on any atom is -0.493 e. The number of rotatable bonds is 7. The number of carboxylic acids is 1. The molecule has 2 N–H and O–H groups in total. The Balaban J connectivity index is 2.30. The van der Waals surface area contributed by atoms with Crippen molar-refractivity contribution in [2.45, 2.75) is 13.8 Å². The smallest absolute Gasteiger partial charge is 0.341 e. The highest BCUT2D eigenvalue weighted by atomic mass is 127. The summed E-state index contributed by atoms with van der Waals surface area (Å²) in [6.07, 6.45) is 1.43. The Hall–Kier alpha value is -3.06. The van der Waals surface area contributed by atoms with Crippen LogP contribution < -0.4 is 14.8 Å². The monoisotopic (exact) mass is 506 g/mol. The Morgan fingerprint density at radius 1 is 1.24 bits per heavy atom. The number of methoxy groups -OCH3 is 1. The van der Waals surface area contributed by atoms with Crippen molar-refractivity contribution in [1.29, 1.82) is 5.26 Å². The van der Waals surface area contributed by atoms with Crippen molar-refractivity contribution in [2.75, 3.05) is 19.0 Å². The van der Waals surface area contributed by atoms with Crippen LogP contribution in [0.15, 0.2) is 35.9 Å². The fourth-order valence-electron chi connectivity index (χ4n) is 2.43. The van der Waals surface area contributed by atoms with E-state index in [0.717, 1.165) is 11.1 Å². The molecule has 0 aliphatic carbocycles. The third-order valence-electron chi connectivity index (χ3n) is 4.03. The number of carboxylic acid groups (broad SMARTS) is 1. The molecular formula is C21H19IN2O5. The van der Waals surface area contributed by atoms with Gasteiger partial charge >= 0.3 is 5.97 Å². The van der Waals surface area contributed by atoms with E-state index in [1.54, 1.807) is 18.2 Å². The lowest BCUT2D eigenvalue weighted by Crippen LogP contribution is -2.13. The van der Waals surface area contributed by atoms with Crippen molar-refractivity contribution in [3.8, 4) is 17.6 Å². The summed E-state index contributed by atoms with van der Waals surface area (Å²) >= 11 is 1.97. The van der Waals surface area contributed by atoms with Gasteiger partial charge in [-0.15, -0.1) is 0 Å². The summed E-state index contributed by atoms with van der Waals surface area (Å²) in [5.74, 6) is -1.06. The van der Waals surface area contributed by atoms with Gasteiger partial charge in [-0.25, -0.2) is 4.79 Å². The van der Waals surface area contributed by atoms with E-state index in [-0.39, 0.29) is 11.3 Å². The molecular weight excluding hydrogens is 487 g/mol. The van der Waals surface area contributed by atoms with Gasteiger partial charge < -0.3 is 19.9 Å². The van der Waals surface area contributed by atoms with Crippen molar-refractivity contribution < 1.29 is 24.2 Å². The SMILES string of the molecule is COc1cc(/C=C(\C#N)C(=O)Nc2ccc(C)c(C)c2)cc(I)c1OCC(=O)O. The summed E-state index contributed by atoms with van der Waals surface area (Å²) in [6, 6.07) is 10.6. The van der Waals surface area contributed by atoms with Crippen molar-refractivity contribution in [3.63, 3.8) is 0 Å². The Bertz CT molecular complexity index is 1020. The molecule has 0 fully saturated rings. The van der Waals surface area contributed by atoms with Gasteiger partial charge in [-0.1, -0.05) is 6.07 Å². The molecule has 2 rings (SSSR count). The predicted molar refractivity (Wildman–Crippen MR) is 117 cm³/mol. The molecule has 0 bridgehead atoms. The van der Waals surface area contributed by atoms with Crippen LogP contribution >= 0.6 is 22.6 Å². The first-order valence-corrected chi connectivity index (χ1v) is 9.55. The van der Waals surface area contributed by atoms with Crippen molar-refractivity contribution >= 4 is 46.2 Å². The molecule has 0 saturated carbocycles. The van der Waals surface area contributed by atoms with Gasteiger partial charge in [0, 0.05) is 5.69 Å². The lowest BCUT2D eigenvalue weighted by molar-refractivity contribution is -0.139. The summed E-state index contributed by atoms with van der Waals surface area (Å²) in [7, 11) is 1.42. The van der Waals surface area contributed by atoms with Gasteiger partial charge in [-0.3, -0.25) is 4.79 Å². The largest absolute Gasteiger partial charge is 0.493 e. The zero-order valence-corrected chi connectivity index (χ0v) is 18.2. The highest BCUT2D eigenvalue weighted by molar-refractivity contribution is 14.1. The van der Waals surface area contributed by atoms with Crippen molar-refractivity contribution in [2.24, 2.45) is 0 Å². The van der Waals surface area contributed by atoms with Gasteiger partial charge in [0.1, 0.15) is 11.6 Å². The van der Waals surface area contributed by atoms with E-state index < -0.39 is 18.5 Å². The van der Waals surface area contributed by atoms with E-state index in [1.165, 1.54) is 13.2 Å². The van der Waals surface area contributed by atoms with Crippen molar-refractivity contribution in [3.05, 3.63) is 56.2 Å². The molecule has 2 aromatic carbocycles. The Morgan fingerprint density at radius 2 is 1.97 bits per heavy atom. The Labute approximate surface area is 182 Å². The second kappa shape index (κ2) is 9.93. The number of anilines is 1. The predicted octanol–water partition coefficient (Wildman–Crippen LogP) is 3.93. The van der Waals surface area contributed by atoms with E-state index in [4.69, 9.17) is 14.6 Å². The molecule has 7 nitrogen and oxygen atoms in total. The number of halogens is 1. The lowest BCUT2D eigenvalue weighted by Gasteiger charge is -2.12. The lowest BCUT2D eigenvalue weighted by atomic mass is 10.1. The quantitative estimate of drug-likeness (QED) is 0.335. The van der Waals surface area contributed by atoms with Gasteiger partial charge in [0.05, 0.1) is 10.7 Å². The summed E-state index contributed by atoms with van der Waals surface area (Å²) in [5, 5.41) is 20.9. The molecule has 150 valence electrons. The minimum absolute atomic E-state index is 0.0831. The number of carbonyl (C=O) groups excluding carboxylic acids is 1. The van der Waals surface area contributed by atoms with Crippen LogP contribution in [0.1, 0.15) is 16.7 Å². The van der Waals surface area contributed by atoms with Gasteiger partial charge in [-0.2, -0.15) is 5.26 Å². The van der Waals surface area contributed by atoms with Crippen LogP contribution in [0.25, 0.3) is 6.08 Å². The van der Waals surface area contributed by atoms with Crippen LogP contribution in [-0.4, -0.2) is 30.7 Å².